The van der Waals surface area contributed by atoms with Gasteiger partial charge in [0.15, 0.2) is 0 Å². The van der Waals surface area contributed by atoms with Gasteiger partial charge in [0.05, 0.1) is 0 Å². The van der Waals surface area contributed by atoms with Gasteiger partial charge >= 0.3 is 0 Å². The fourth-order valence-electron chi connectivity index (χ4n) is 1.99. The van der Waals surface area contributed by atoms with Crippen LogP contribution < -0.4 is 10.6 Å². The Morgan fingerprint density at radius 2 is 2.44 bits per heavy atom. The molecule has 0 aliphatic carbocycles. The summed E-state index contributed by atoms with van der Waals surface area (Å²) in [5, 5.41) is 15.0. The van der Waals surface area contributed by atoms with Crippen LogP contribution in [0.5, 0.6) is 0 Å². The van der Waals surface area contributed by atoms with Crippen LogP contribution in [-0.4, -0.2) is 37.3 Å². The van der Waals surface area contributed by atoms with E-state index in [1.807, 2.05) is 6.92 Å². The van der Waals surface area contributed by atoms with Crippen LogP contribution in [0.1, 0.15) is 32.6 Å². The Kier molecular flexibility index (Phi) is 6.42. The average molecular weight is 228 g/mol. The van der Waals surface area contributed by atoms with Gasteiger partial charge in [-0.15, -0.1) is 0 Å². The summed E-state index contributed by atoms with van der Waals surface area (Å²) in [4.78, 5) is 11.5. The molecule has 0 radical (unpaired) electrons. The molecule has 94 valence electrons. The second kappa shape index (κ2) is 7.63. The molecule has 0 aromatic heterocycles. The largest absolute Gasteiger partial charge is 0.396 e. The van der Waals surface area contributed by atoms with Gasteiger partial charge in [-0.2, -0.15) is 0 Å². The Balaban J connectivity index is 2.01. The standard InChI is InChI=1S/C12H24N2O2/c1-10(5-7-15)8-14-12(16)3-2-11-4-6-13-9-11/h10-11,13,15H,2-9H2,1H3,(H,14,16). The lowest BCUT2D eigenvalue weighted by atomic mass is 10.0. The molecule has 4 nitrogen and oxygen atoms in total. The summed E-state index contributed by atoms with van der Waals surface area (Å²) in [5.41, 5.74) is 0. The van der Waals surface area contributed by atoms with Gasteiger partial charge in [0.2, 0.25) is 5.91 Å². The normalized spacial score (nSPS) is 22.0. The van der Waals surface area contributed by atoms with E-state index in [-0.39, 0.29) is 12.5 Å². The number of aliphatic hydroxyl groups is 1. The molecule has 1 rings (SSSR count). The Morgan fingerprint density at radius 3 is 3.06 bits per heavy atom. The van der Waals surface area contributed by atoms with E-state index in [4.69, 9.17) is 5.11 Å². The van der Waals surface area contributed by atoms with Gasteiger partial charge in [-0.3, -0.25) is 4.79 Å². The molecule has 0 aromatic rings. The van der Waals surface area contributed by atoms with E-state index in [9.17, 15) is 4.79 Å². The molecular formula is C12H24N2O2. The van der Waals surface area contributed by atoms with E-state index in [1.165, 1.54) is 6.42 Å². The van der Waals surface area contributed by atoms with Crippen LogP contribution in [0.25, 0.3) is 0 Å². The highest BCUT2D eigenvalue weighted by molar-refractivity contribution is 5.75. The maximum absolute atomic E-state index is 11.5. The first kappa shape index (κ1) is 13.5. The Morgan fingerprint density at radius 1 is 1.62 bits per heavy atom. The zero-order valence-corrected chi connectivity index (χ0v) is 10.2. The summed E-state index contributed by atoms with van der Waals surface area (Å²) in [6.45, 7) is 5.08. The molecule has 1 aliphatic rings. The smallest absolute Gasteiger partial charge is 0.220 e. The predicted octanol–water partition coefficient (Wildman–Crippen LogP) is 0.511. The Hall–Kier alpha value is -0.610. The van der Waals surface area contributed by atoms with E-state index in [0.29, 0.717) is 24.8 Å². The van der Waals surface area contributed by atoms with Crippen LogP contribution in [0.3, 0.4) is 0 Å². The number of carbonyl (C=O) groups excluding carboxylic acids is 1. The van der Waals surface area contributed by atoms with Gasteiger partial charge < -0.3 is 15.7 Å². The van der Waals surface area contributed by atoms with E-state index < -0.39 is 0 Å². The maximum Gasteiger partial charge on any atom is 0.220 e. The predicted molar refractivity (Wildman–Crippen MR) is 64.1 cm³/mol. The molecule has 0 spiro atoms. The first-order valence-corrected chi connectivity index (χ1v) is 6.30. The van der Waals surface area contributed by atoms with Crippen molar-refractivity contribution in [3.8, 4) is 0 Å². The lowest BCUT2D eigenvalue weighted by Crippen LogP contribution is -2.29. The van der Waals surface area contributed by atoms with Crippen molar-refractivity contribution in [3.63, 3.8) is 0 Å². The minimum Gasteiger partial charge on any atom is -0.396 e. The van der Waals surface area contributed by atoms with Crippen LogP contribution in [0.15, 0.2) is 0 Å². The molecule has 2 unspecified atom stereocenters. The van der Waals surface area contributed by atoms with Crippen molar-refractivity contribution >= 4 is 5.91 Å². The van der Waals surface area contributed by atoms with Gasteiger partial charge in [0.1, 0.15) is 0 Å². The molecule has 1 aliphatic heterocycles. The zero-order chi connectivity index (χ0) is 11.8. The summed E-state index contributed by atoms with van der Waals surface area (Å²) in [7, 11) is 0. The summed E-state index contributed by atoms with van der Waals surface area (Å²) in [6, 6.07) is 0. The van der Waals surface area contributed by atoms with Gasteiger partial charge in [0, 0.05) is 19.6 Å². The molecule has 2 atom stereocenters. The zero-order valence-electron chi connectivity index (χ0n) is 10.2. The first-order valence-electron chi connectivity index (χ1n) is 6.30. The van der Waals surface area contributed by atoms with Crippen LogP contribution >= 0.6 is 0 Å². The van der Waals surface area contributed by atoms with E-state index in [1.54, 1.807) is 0 Å². The molecule has 1 fully saturated rings. The summed E-state index contributed by atoms with van der Waals surface area (Å²) < 4.78 is 0. The van der Waals surface area contributed by atoms with Gasteiger partial charge in [-0.05, 0) is 44.2 Å². The topological polar surface area (TPSA) is 61.4 Å². The summed E-state index contributed by atoms with van der Waals surface area (Å²) in [6.07, 6.45) is 3.59. The van der Waals surface area contributed by atoms with Gasteiger partial charge in [-0.25, -0.2) is 0 Å². The lowest BCUT2D eigenvalue weighted by Gasteiger charge is -2.12. The van der Waals surface area contributed by atoms with Crippen molar-refractivity contribution in [1.29, 1.82) is 0 Å². The van der Waals surface area contributed by atoms with Crippen molar-refractivity contribution < 1.29 is 9.90 Å². The molecule has 0 aromatic carbocycles. The highest BCUT2D eigenvalue weighted by Crippen LogP contribution is 2.13. The highest BCUT2D eigenvalue weighted by Gasteiger charge is 2.15. The average Bonchev–Trinajstić information content (AvgIpc) is 2.77. The second-order valence-electron chi connectivity index (χ2n) is 4.82. The number of nitrogens with one attached hydrogen (secondary N) is 2. The summed E-state index contributed by atoms with van der Waals surface area (Å²) in [5.74, 6) is 1.19. The van der Waals surface area contributed by atoms with Crippen molar-refractivity contribution in [2.75, 3.05) is 26.2 Å². The van der Waals surface area contributed by atoms with E-state index in [0.717, 1.165) is 25.9 Å². The van der Waals surface area contributed by atoms with Crippen LogP contribution in [-0.2, 0) is 4.79 Å². The second-order valence-corrected chi connectivity index (χ2v) is 4.82. The molecule has 0 saturated carbocycles. The van der Waals surface area contributed by atoms with Crippen molar-refractivity contribution in [1.82, 2.24) is 10.6 Å². The first-order chi connectivity index (χ1) is 7.72. The molecule has 1 heterocycles. The molecule has 4 heteroatoms. The van der Waals surface area contributed by atoms with Crippen molar-refractivity contribution in [3.05, 3.63) is 0 Å². The summed E-state index contributed by atoms with van der Waals surface area (Å²) >= 11 is 0. The third-order valence-electron chi connectivity index (χ3n) is 3.21. The third-order valence-corrected chi connectivity index (χ3v) is 3.21. The third kappa shape index (κ3) is 5.47. The number of carbonyl (C=O) groups is 1. The minimum atomic E-state index is 0.150. The van der Waals surface area contributed by atoms with Crippen LogP contribution in [0.2, 0.25) is 0 Å². The van der Waals surface area contributed by atoms with Crippen LogP contribution in [0, 0.1) is 11.8 Å². The molecule has 16 heavy (non-hydrogen) atoms. The lowest BCUT2D eigenvalue weighted by molar-refractivity contribution is -0.121. The maximum atomic E-state index is 11.5. The fourth-order valence-corrected chi connectivity index (χ4v) is 1.99. The molecule has 0 bridgehead atoms. The van der Waals surface area contributed by atoms with Crippen molar-refractivity contribution in [2.45, 2.75) is 32.6 Å². The van der Waals surface area contributed by atoms with Gasteiger partial charge in [-0.1, -0.05) is 6.92 Å². The molecule has 1 amide bonds. The number of hydrogen-bond donors (Lipinski definition) is 3. The van der Waals surface area contributed by atoms with Crippen LogP contribution in [0.4, 0.5) is 0 Å². The van der Waals surface area contributed by atoms with Gasteiger partial charge in [0.25, 0.3) is 0 Å². The van der Waals surface area contributed by atoms with E-state index in [2.05, 4.69) is 10.6 Å². The molecule has 3 N–H and O–H groups in total. The number of rotatable bonds is 7. The van der Waals surface area contributed by atoms with E-state index >= 15 is 0 Å². The molecular weight excluding hydrogens is 204 g/mol. The Bertz CT molecular complexity index is 203. The molecule has 1 saturated heterocycles. The monoisotopic (exact) mass is 228 g/mol. The number of aliphatic hydroxyl groups excluding tert-OH is 1. The number of hydrogen-bond acceptors (Lipinski definition) is 3. The SMILES string of the molecule is CC(CCO)CNC(=O)CCC1CCNC1. The number of amides is 1. The highest BCUT2D eigenvalue weighted by atomic mass is 16.3. The van der Waals surface area contributed by atoms with Crippen molar-refractivity contribution in [2.24, 2.45) is 11.8 Å². The minimum absolute atomic E-state index is 0.150. The Labute approximate surface area is 97.8 Å². The fraction of sp³-hybridized carbons (Fsp3) is 0.917. The quantitative estimate of drug-likeness (QED) is 0.595.